The molecule has 1 aromatic carbocycles. The summed E-state index contributed by atoms with van der Waals surface area (Å²) in [6.45, 7) is 1.83. The lowest BCUT2D eigenvalue weighted by atomic mass is 10.2. The minimum Gasteiger partial charge on any atom is -0.390 e. The van der Waals surface area contributed by atoms with Gasteiger partial charge >= 0.3 is 0 Å². The average molecular weight is 277 g/mol. The number of aliphatic hydroxyl groups is 1. The van der Waals surface area contributed by atoms with E-state index in [9.17, 15) is 5.11 Å². The van der Waals surface area contributed by atoms with Gasteiger partial charge in [-0.25, -0.2) is 0 Å². The summed E-state index contributed by atoms with van der Waals surface area (Å²) in [5.74, 6) is 0. The summed E-state index contributed by atoms with van der Waals surface area (Å²) >= 11 is 11.8. The molecule has 0 aliphatic heterocycles. The van der Waals surface area contributed by atoms with Crippen LogP contribution in [0, 0.1) is 0 Å². The first-order valence-electron chi connectivity index (χ1n) is 5.46. The standard InChI is InChI=1S/C12H18Cl2N2O/c1-16(2)8-12(17)7-15-6-9-3-10(13)5-11(14)4-9/h3-5,12,15,17H,6-8H2,1-2H3. The van der Waals surface area contributed by atoms with Crippen molar-refractivity contribution in [2.75, 3.05) is 27.2 Å². The highest BCUT2D eigenvalue weighted by atomic mass is 35.5. The highest BCUT2D eigenvalue weighted by molar-refractivity contribution is 6.34. The van der Waals surface area contributed by atoms with Crippen molar-refractivity contribution in [3.8, 4) is 0 Å². The first kappa shape index (κ1) is 14.7. The van der Waals surface area contributed by atoms with Crippen LogP contribution in [0.15, 0.2) is 18.2 Å². The maximum atomic E-state index is 9.65. The molecular weight excluding hydrogens is 259 g/mol. The molecule has 1 aromatic rings. The Bertz CT molecular complexity index is 338. The van der Waals surface area contributed by atoms with Gasteiger partial charge in [-0.05, 0) is 37.9 Å². The third kappa shape index (κ3) is 6.24. The lowest BCUT2D eigenvalue weighted by molar-refractivity contribution is 0.134. The van der Waals surface area contributed by atoms with E-state index < -0.39 is 0 Å². The van der Waals surface area contributed by atoms with Crippen molar-refractivity contribution in [1.29, 1.82) is 0 Å². The van der Waals surface area contributed by atoms with E-state index in [-0.39, 0.29) is 6.10 Å². The van der Waals surface area contributed by atoms with E-state index in [2.05, 4.69) is 5.32 Å². The van der Waals surface area contributed by atoms with Crippen LogP contribution in [0.2, 0.25) is 10.0 Å². The van der Waals surface area contributed by atoms with Crippen molar-refractivity contribution < 1.29 is 5.11 Å². The summed E-state index contributed by atoms with van der Waals surface area (Å²) in [6, 6.07) is 5.42. The van der Waals surface area contributed by atoms with Crippen LogP contribution in [-0.4, -0.2) is 43.3 Å². The van der Waals surface area contributed by atoms with Crippen molar-refractivity contribution in [2.45, 2.75) is 12.6 Å². The smallest absolute Gasteiger partial charge is 0.0791 e. The van der Waals surface area contributed by atoms with Crippen LogP contribution in [0.25, 0.3) is 0 Å². The van der Waals surface area contributed by atoms with Crippen LogP contribution in [0.5, 0.6) is 0 Å². The van der Waals surface area contributed by atoms with E-state index in [0.29, 0.717) is 29.7 Å². The second-order valence-corrected chi connectivity index (χ2v) is 5.20. The third-order valence-corrected chi connectivity index (χ3v) is 2.64. The zero-order chi connectivity index (χ0) is 12.8. The quantitative estimate of drug-likeness (QED) is 0.835. The molecule has 96 valence electrons. The number of aliphatic hydroxyl groups excluding tert-OH is 1. The van der Waals surface area contributed by atoms with Gasteiger partial charge in [-0.1, -0.05) is 23.2 Å². The lowest BCUT2D eigenvalue weighted by Crippen LogP contribution is -2.34. The highest BCUT2D eigenvalue weighted by Gasteiger charge is 2.05. The molecule has 0 radical (unpaired) electrons. The summed E-state index contributed by atoms with van der Waals surface area (Å²) in [5, 5.41) is 14.1. The number of rotatable bonds is 6. The Kier molecular flexibility index (Phi) is 6.23. The van der Waals surface area contributed by atoms with E-state index >= 15 is 0 Å². The van der Waals surface area contributed by atoms with E-state index in [0.717, 1.165) is 5.56 Å². The van der Waals surface area contributed by atoms with Crippen molar-refractivity contribution in [1.82, 2.24) is 10.2 Å². The summed E-state index contributed by atoms with van der Waals surface area (Å²) in [7, 11) is 3.86. The van der Waals surface area contributed by atoms with Gasteiger partial charge < -0.3 is 15.3 Å². The number of hydrogen-bond donors (Lipinski definition) is 2. The first-order valence-corrected chi connectivity index (χ1v) is 6.21. The van der Waals surface area contributed by atoms with Crippen molar-refractivity contribution in [3.63, 3.8) is 0 Å². The van der Waals surface area contributed by atoms with Gasteiger partial charge in [0.2, 0.25) is 0 Å². The first-order chi connectivity index (χ1) is 7.97. The fourth-order valence-corrected chi connectivity index (χ4v) is 2.15. The molecule has 0 fully saturated rings. The minimum absolute atomic E-state index is 0.375. The Labute approximate surface area is 112 Å². The molecule has 1 rings (SSSR count). The summed E-state index contributed by atoms with van der Waals surface area (Å²) in [5.41, 5.74) is 1.01. The van der Waals surface area contributed by atoms with E-state index in [1.165, 1.54) is 0 Å². The zero-order valence-electron chi connectivity index (χ0n) is 10.1. The van der Waals surface area contributed by atoms with Crippen LogP contribution in [-0.2, 0) is 6.54 Å². The minimum atomic E-state index is -0.375. The molecule has 2 N–H and O–H groups in total. The summed E-state index contributed by atoms with van der Waals surface area (Å²) in [4.78, 5) is 1.95. The maximum absolute atomic E-state index is 9.65. The van der Waals surface area contributed by atoms with Crippen LogP contribution in [0.3, 0.4) is 0 Å². The van der Waals surface area contributed by atoms with Gasteiger partial charge in [-0.3, -0.25) is 0 Å². The molecule has 0 aliphatic rings. The van der Waals surface area contributed by atoms with E-state index in [4.69, 9.17) is 23.2 Å². The van der Waals surface area contributed by atoms with Gasteiger partial charge in [-0.2, -0.15) is 0 Å². The molecule has 3 nitrogen and oxygen atoms in total. The molecule has 17 heavy (non-hydrogen) atoms. The number of likely N-dealkylation sites (N-methyl/N-ethyl adjacent to an activating group) is 1. The van der Waals surface area contributed by atoms with Crippen molar-refractivity contribution in [3.05, 3.63) is 33.8 Å². The Morgan fingerprint density at radius 2 is 1.82 bits per heavy atom. The van der Waals surface area contributed by atoms with Crippen molar-refractivity contribution >= 4 is 23.2 Å². The molecule has 0 heterocycles. The number of nitrogens with one attached hydrogen (secondary N) is 1. The van der Waals surface area contributed by atoms with Gasteiger partial charge in [0.25, 0.3) is 0 Å². The van der Waals surface area contributed by atoms with Crippen LogP contribution >= 0.6 is 23.2 Å². The van der Waals surface area contributed by atoms with Gasteiger partial charge in [0.15, 0.2) is 0 Å². The molecule has 0 amide bonds. The van der Waals surface area contributed by atoms with Gasteiger partial charge in [0.05, 0.1) is 6.10 Å². The number of hydrogen-bond acceptors (Lipinski definition) is 3. The Balaban J connectivity index is 2.35. The SMILES string of the molecule is CN(C)CC(O)CNCc1cc(Cl)cc(Cl)c1. The topological polar surface area (TPSA) is 35.5 Å². The Hall–Kier alpha value is -0.320. The number of halogens is 2. The second-order valence-electron chi connectivity index (χ2n) is 4.32. The molecule has 0 saturated heterocycles. The predicted molar refractivity (Wildman–Crippen MR) is 72.7 cm³/mol. The van der Waals surface area contributed by atoms with Crippen LogP contribution < -0.4 is 5.32 Å². The lowest BCUT2D eigenvalue weighted by Gasteiger charge is -2.16. The predicted octanol–water partition coefficient (Wildman–Crippen LogP) is 2.01. The highest BCUT2D eigenvalue weighted by Crippen LogP contribution is 2.18. The maximum Gasteiger partial charge on any atom is 0.0791 e. The molecule has 1 unspecified atom stereocenters. The normalized spacial score (nSPS) is 13.1. The zero-order valence-corrected chi connectivity index (χ0v) is 11.6. The molecule has 5 heteroatoms. The van der Waals surface area contributed by atoms with Gasteiger partial charge in [0, 0.05) is 29.7 Å². The molecule has 1 atom stereocenters. The van der Waals surface area contributed by atoms with E-state index in [1.54, 1.807) is 6.07 Å². The molecule has 0 saturated carbocycles. The molecule has 0 aliphatic carbocycles. The molecule has 0 spiro atoms. The fourth-order valence-electron chi connectivity index (χ4n) is 1.58. The molecular formula is C12H18Cl2N2O. The van der Waals surface area contributed by atoms with Gasteiger partial charge in [0.1, 0.15) is 0 Å². The van der Waals surface area contributed by atoms with Gasteiger partial charge in [-0.15, -0.1) is 0 Å². The number of nitrogens with zero attached hydrogens (tertiary/aromatic N) is 1. The molecule has 0 bridgehead atoms. The summed E-state index contributed by atoms with van der Waals surface area (Å²) in [6.07, 6.45) is -0.375. The second kappa shape index (κ2) is 7.19. The monoisotopic (exact) mass is 276 g/mol. The van der Waals surface area contributed by atoms with Crippen molar-refractivity contribution in [2.24, 2.45) is 0 Å². The fraction of sp³-hybridized carbons (Fsp3) is 0.500. The summed E-state index contributed by atoms with van der Waals surface area (Å²) < 4.78 is 0. The largest absolute Gasteiger partial charge is 0.390 e. The Morgan fingerprint density at radius 3 is 2.35 bits per heavy atom. The Morgan fingerprint density at radius 1 is 1.24 bits per heavy atom. The average Bonchev–Trinajstić information content (AvgIpc) is 2.14. The van der Waals surface area contributed by atoms with E-state index in [1.807, 2.05) is 31.1 Å². The number of benzene rings is 1. The van der Waals surface area contributed by atoms with Crippen LogP contribution in [0.1, 0.15) is 5.56 Å². The molecule has 0 aromatic heterocycles. The van der Waals surface area contributed by atoms with Crippen LogP contribution in [0.4, 0.5) is 0 Å². The third-order valence-electron chi connectivity index (χ3n) is 2.21.